The number of methoxy groups -OCH3 is 1. The summed E-state index contributed by atoms with van der Waals surface area (Å²) in [4.78, 5) is 14.4. The lowest BCUT2D eigenvalue weighted by Gasteiger charge is -2.40. The number of hydrogen-bond acceptors (Lipinski definition) is 7. The van der Waals surface area contributed by atoms with Gasteiger partial charge in [-0.05, 0) is 93.9 Å². The fraction of sp³-hybridized carbons (Fsp3) is 0.500. The number of halogens is 3. The molecule has 1 aliphatic carbocycles. The molecule has 254 valence electrons. The van der Waals surface area contributed by atoms with Gasteiger partial charge < -0.3 is 30.2 Å². The number of aromatic nitrogens is 1. The summed E-state index contributed by atoms with van der Waals surface area (Å²) in [5.74, 6) is 6.07. The average molecular weight is 674 g/mol. The van der Waals surface area contributed by atoms with Gasteiger partial charge in [0.15, 0.2) is 0 Å². The number of likely N-dealkylation sites (tertiary alicyclic amines) is 1. The zero-order valence-electron chi connectivity index (χ0n) is 26.9. The Kier molecular flexibility index (Phi) is 10.6. The van der Waals surface area contributed by atoms with Crippen LogP contribution in [0, 0.1) is 11.8 Å². The van der Waals surface area contributed by atoms with Gasteiger partial charge in [-0.15, -0.1) is 0 Å². The smallest absolute Gasteiger partial charge is 0.406 e. The van der Waals surface area contributed by atoms with Gasteiger partial charge in [0.05, 0.1) is 35.8 Å². The first-order chi connectivity index (χ1) is 22.4. The Balaban J connectivity index is 1.27. The molecule has 3 aromatic rings. The van der Waals surface area contributed by atoms with Crippen molar-refractivity contribution in [2.24, 2.45) is 0 Å². The SMILES string of the molecule is CNC(=O)c1ccc(NCC#Cc2cc3c(N[C@H]4CC[C@H](N5CCC(S(C)(=O)=O)CC5)CC4)cccc3n2CC(F)(F)F)c(OC)c1. The quantitative estimate of drug-likeness (QED) is 0.266. The standard InChI is InChI=1S/C34H42F3N5O4S/c1-38-33(43)23-9-14-30(32(20-23)46-2)39-17-5-6-26-21-28-29(7-4-8-31(28)42(26)22-34(35,36)37)40-24-10-12-25(13-11-24)41-18-15-27(16-19-41)47(3,44)45/h4,7-9,14,20-21,24-25,27,39-40H,10-13,15-19,22H2,1-3H3,(H,38,43)/t24-,25-. The first-order valence-electron chi connectivity index (χ1n) is 15.9. The number of carbonyl (C=O) groups excluding carboxylic acids is 1. The first kappa shape index (κ1) is 34.4. The van der Waals surface area contributed by atoms with Crippen molar-refractivity contribution < 1.29 is 31.1 Å². The maximum atomic E-state index is 13.7. The number of benzene rings is 2. The summed E-state index contributed by atoms with van der Waals surface area (Å²) in [6, 6.07) is 12.6. The lowest BCUT2D eigenvalue weighted by molar-refractivity contribution is -0.140. The van der Waals surface area contributed by atoms with E-state index >= 15 is 0 Å². The van der Waals surface area contributed by atoms with Gasteiger partial charge in [-0.1, -0.05) is 12.0 Å². The molecule has 5 rings (SSSR count). The molecule has 0 bridgehead atoms. The van der Waals surface area contributed by atoms with Gasteiger partial charge in [0.25, 0.3) is 5.91 Å². The number of nitrogens with one attached hydrogen (secondary N) is 3. The third-order valence-corrected chi connectivity index (χ3v) is 10.9. The predicted octanol–water partition coefficient (Wildman–Crippen LogP) is 5.27. The van der Waals surface area contributed by atoms with Gasteiger partial charge in [-0.25, -0.2) is 8.42 Å². The summed E-state index contributed by atoms with van der Waals surface area (Å²) in [6.07, 6.45) is 2.04. The molecular weight excluding hydrogens is 631 g/mol. The van der Waals surface area contributed by atoms with Crippen LogP contribution >= 0.6 is 0 Å². The van der Waals surface area contributed by atoms with Crippen LogP contribution < -0.4 is 20.7 Å². The molecule has 2 aromatic carbocycles. The summed E-state index contributed by atoms with van der Waals surface area (Å²) in [5.41, 5.74) is 2.53. The Morgan fingerprint density at radius 2 is 1.74 bits per heavy atom. The van der Waals surface area contributed by atoms with Crippen LogP contribution in [0.25, 0.3) is 10.9 Å². The number of ether oxygens (including phenoxy) is 1. The van der Waals surface area contributed by atoms with E-state index < -0.39 is 22.6 Å². The predicted molar refractivity (Wildman–Crippen MR) is 179 cm³/mol. The monoisotopic (exact) mass is 673 g/mol. The maximum absolute atomic E-state index is 13.7. The van der Waals surface area contributed by atoms with E-state index in [0.717, 1.165) is 44.5 Å². The Morgan fingerprint density at radius 3 is 2.38 bits per heavy atom. The second-order valence-electron chi connectivity index (χ2n) is 12.3. The van der Waals surface area contributed by atoms with Crippen LogP contribution in [0.1, 0.15) is 54.6 Å². The molecule has 2 heterocycles. The highest BCUT2D eigenvalue weighted by molar-refractivity contribution is 7.91. The lowest BCUT2D eigenvalue weighted by Crippen LogP contribution is -2.46. The zero-order valence-corrected chi connectivity index (χ0v) is 27.7. The minimum Gasteiger partial charge on any atom is -0.495 e. The van der Waals surface area contributed by atoms with Crippen molar-refractivity contribution in [2.45, 2.75) is 68.6 Å². The van der Waals surface area contributed by atoms with E-state index in [1.54, 1.807) is 36.4 Å². The highest BCUT2D eigenvalue weighted by atomic mass is 32.2. The molecule has 0 unspecified atom stereocenters. The molecule has 2 aliphatic rings. The number of hydrogen-bond donors (Lipinski definition) is 3. The zero-order chi connectivity index (χ0) is 33.8. The Labute approximate surface area is 274 Å². The maximum Gasteiger partial charge on any atom is 0.406 e. The van der Waals surface area contributed by atoms with E-state index in [1.165, 1.54) is 25.0 Å². The van der Waals surface area contributed by atoms with Gasteiger partial charge in [0.2, 0.25) is 0 Å². The fourth-order valence-corrected chi connectivity index (χ4v) is 7.80. The number of rotatable bonds is 9. The van der Waals surface area contributed by atoms with Crippen molar-refractivity contribution in [1.29, 1.82) is 0 Å². The molecule has 0 atom stereocenters. The number of nitrogens with zero attached hydrogens (tertiary/aromatic N) is 2. The van der Waals surface area contributed by atoms with E-state index in [0.29, 0.717) is 46.8 Å². The molecule has 0 spiro atoms. The average Bonchev–Trinajstić information content (AvgIpc) is 3.39. The highest BCUT2D eigenvalue weighted by Crippen LogP contribution is 2.33. The molecule has 0 radical (unpaired) electrons. The molecular formula is C34H42F3N5O4S. The Morgan fingerprint density at radius 1 is 1.02 bits per heavy atom. The number of alkyl halides is 3. The van der Waals surface area contributed by atoms with E-state index in [-0.39, 0.29) is 29.4 Å². The van der Waals surface area contributed by atoms with Crippen molar-refractivity contribution in [3.8, 4) is 17.6 Å². The summed E-state index contributed by atoms with van der Waals surface area (Å²) in [6.45, 7) is 0.573. The van der Waals surface area contributed by atoms with Crippen LogP contribution in [0.15, 0.2) is 42.5 Å². The summed E-state index contributed by atoms with van der Waals surface area (Å²) in [7, 11) is 0.0161. The third kappa shape index (κ3) is 8.53. The minimum absolute atomic E-state index is 0.142. The van der Waals surface area contributed by atoms with Crippen molar-refractivity contribution in [2.75, 3.05) is 50.7 Å². The topological polar surface area (TPSA) is 105 Å². The van der Waals surface area contributed by atoms with Gasteiger partial charge in [0.1, 0.15) is 22.1 Å². The summed E-state index contributed by atoms with van der Waals surface area (Å²) in [5, 5.41) is 9.72. The second kappa shape index (κ2) is 14.5. The van der Waals surface area contributed by atoms with Crippen molar-refractivity contribution in [3.63, 3.8) is 0 Å². The van der Waals surface area contributed by atoms with E-state index in [2.05, 4.69) is 32.7 Å². The van der Waals surface area contributed by atoms with Gasteiger partial charge in [-0.3, -0.25) is 4.79 Å². The summed E-state index contributed by atoms with van der Waals surface area (Å²) >= 11 is 0. The largest absolute Gasteiger partial charge is 0.495 e. The number of piperidine rings is 1. The van der Waals surface area contributed by atoms with Crippen LogP contribution in [0.5, 0.6) is 5.75 Å². The number of fused-ring (bicyclic) bond motifs is 1. The first-order valence-corrected chi connectivity index (χ1v) is 17.8. The number of anilines is 2. The molecule has 47 heavy (non-hydrogen) atoms. The molecule has 1 amide bonds. The molecule has 13 heteroatoms. The normalized spacial score (nSPS) is 19.5. The van der Waals surface area contributed by atoms with Crippen LogP contribution in [-0.2, 0) is 16.4 Å². The molecule has 1 aromatic heterocycles. The molecule has 1 aliphatic heterocycles. The fourth-order valence-electron chi connectivity index (χ4n) is 6.73. The van der Waals surface area contributed by atoms with E-state index in [4.69, 9.17) is 4.74 Å². The van der Waals surface area contributed by atoms with Crippen LogP contribution in [0.3, 0.4) is 0 Å². The molecule has 2 fully saturated rings. The Bertz CT molecular complexity index is 1750. The molecule has 3 N–H and O–H groups in total. The van der Waals surface area contributed by atoms with Crippen LogP contribution in [0.4, 0.5) is 24.5 Å². The summed E-state index contributed by atoms with van der Waals surface area (Å²) < 4.78 is 71.6. The third-order valence-electron chi connectivity index (χ3n) is 9.21. The number of carbonyl (C=O) groups is 1. The number of amides is 1. The van der Waals surface area contributed by atoms with Crippen molar-refractivity contribution in [3.05, 3.63) is 53.7 Å². The van der Waals surface area contributed by atoms with Gasteiger partial charge in [-0.2, -0.15) is 13.2 Å². The minimum atomic E-state index is -4.43. The van der Waals surface area contributed by atoms with Crippen molar-refractivity contribution >= 4 is 38.0 Å². The molecule has 9 nitrogen and oxygen atoms in total. The second-order valence-corrected chi connectivity index (χ2v) is 14.7. The molecule has 1 saturated heterocycles. The van der Waals surface area contributed by atoms with Gasteiger partial charge >= 0.3 is 6.18 Å². The van der Waals surface area contributed by atoms with Gasteiger partial charge in [0, 0.05) is 42.0 Å². The van der Waals surface area contributed by atoms with Crippen LogP contribution in [-0.4, -0.2) is 87.3 Å². The lowest BCUT2D eigenvalue weighted by atomic mass is 9.89. The van der Waals surface area contributed by atoms with E-state index in [1.807, 2.05) is 6.07 Å². The van der Waals surface area contributed by atoms with E-state index in [9.17, 15) is 26.4 Å². The van der Waals surface area contributed by atoms with Crippen LogP contribution in [0.2, 0.25) is 0 Å². The number of sulfone groups is 1. The molecule has 1 saturated carbocycles. The Hall–Kier alpha value is -3.89. The van der Waals surface area contributed by atoms with Crippen molar-refractivity contribution in [1.82, 2.24) is 14.8 Å². The highest BCUT2D eigenvalue weighted by Gasteiger charge is 2.33.